The fourth-order valence-electron chi connectivity index (χ4n) is 4.63. The summed E-state index contributed by atoms with van der Waals surface area (Å²) in [5.41, 5.74) is 1.96. The Hall–Kier alpha value is -2.41. The number of halogens is 4. The number of rotatable bonds is 5. The minimum atomic E-state index is -2.51. The maximum Gasteiger partial charge on any atom is 0.263 e. The van der Waals surface area contributed by atoms with E-state index in [0.29, 0.717) is 43.6 Å². The van der Waals surface area contributed by atoms with Gasteiger partial charge < -0.3 is 4.90 Å². The number of carbonyl (C=O) groups excluding carboxylic acids is 1. The standard InChI is InChI=1S/C24H26F4N2O/c1-15-2-5-18(12-20(15)25)19-8-10-29(14-21(19)26)22-9-11-30(24(22)31)13-16-3-6-17(7-4-16)23(27)28/h2-7,12,19,21-23H,8-11,13-14H2,1H3/t19-,21+,22+/m0/s1. The first-order valence-corrected chi connectivity index (χ1v) is 10.6. The number of benzene rings is 2. The molecule has 4 rings (SSSR count). The Labute approximate surface area is 179 Å². The number of amides is 1. The van der Waals surface area contributed by atoms with E-state index < -0.39 is 12.6 Å². The van der Waals surface area contributed by atoms with Gasteiger partial charge in [0.05, 0.1) is 6.04 Å². The van der Waals surface area contributed by atoms with Gasteiger partial charge in [0.25, 0.3) is 6.43 Å². The van der Waals surface area contributed by atoms with Gasteiger partial charge in [-0.3, -0.25) is 9.69 Å². The Kier molecular flexibility index (Phi) is 6.32. The van der Waals surface area contributed by atoms with E-state index in [1.807, 2.05) is 4.90 Å². The molecule has 0 spiro atoms. The average Bonchev–Trinajstić information content (AvgIpc) is 3.10. The van der Waals surface area contributed by atoms with Crippen LogP contribution in [0.2, 0.25) is 0 Å². The Balaban J connectivity index is 1.36. The highest BCUT2D eigenvalue weighted by Crippen LogP contribution is 2.34. The molecule has 0 saturated carbocycles. The molecule has 0 radical (unpaired) electrons. The number of alkyl halides is 3. The number of likely N-dealkylation sites (tertiary alicyclic amines) is 2. The van der Waals surface area contributed by atoms with E-state index in [4.69, 9.17) is 0 Å². The third-order valence-electron chi connectivity index (χ3n) is 6.51. The van der Waals surface area contributed by atoms with Crippen molar-refractivity contribution in [2.75, 3.05) is 19.6 Å². The van der Waals surface area contributed by atoms with Gasteiger partial charge in [-0.1, -0.05) is 36.4 Å². The molecule has 0 unspecified atom stereocenters. The van der Waals surface area contributed by atoms with E-state index in [1.165, 1.54) is 18.2 Å². The molecule has 0 N–H and O–H groups in total. The number of nitrogens with zero attached hydrogens (tertiary/aromatic N) is 2. The predicted molar refractivity (Wildman–Crippen MR) is 110 cm³/mol. The van der Waals surface area contributed by atoms with E-state index in [2.05, 4.69) is 0 Å². The van der Waals surface area contributed by atoms with Crippen LogP contribution < -0.4 is 0 Å². The fourth-order valence-corrected chi connectivity index (χ4v) is 4.63. The number of hydrogen-bond donors (Lipinski definition) is 0. The first-order valence-electron chi connectivity index (χ1n) is 10.6. The van der Waals surface area contributed by atoms with Crippen LogP contribution in [0, 0.1) is 12.7 Å². The monoisotopic (exact) mass is 434 g/mol. The SMILES string of the molecule is Cc1ccc([C@@H]2CCN([C@@H]3CCN(Cc4ccc(C(F)F)cc4)C3=O)C[C@H]2F)cc1F. The van der Waals surface area contributed by atoms with E-state index in [-0.39, 0.29) is 35.8 Å². The van der Waals surface area contributed by atoms with Crippen LogP contribution in [-0.2, 0) is 11.3 Å². The lowest BCUT2D eigenvalue weighted by atomic mass is 9.87. The van der Waals surface area contributed by atoms with Crippen molar-refractivity contribution in [1.82, 2.24) is 9.80 Å². The third-order valence-corrected chi connectivity index (χ3v) is 6.51. The molecule has 0 aromatic heterocycles. The van der Waals surface area contributed by atoms with Crippen LogP contribution in [0.4, 0.5) is 17.6 Å². The highest BCUT2D eigenvalue weighted by atomic mass is 19.3. The molecule has 2 saturated heterocycles. The molecule has 3 atom stereocenters. The van der Waals surface area contributed by atoms with Gasteiger partial charge >= 0.3 is 0 Å². The van der Waals surface area contributed by atoms with Crippen LogP contribution in [0.1, 0.15) is 47.4 Å². The predicted octanol–water partition coefficient (Wildman–Crippen LogP) is 5.00. The van der Waals surface area contributed by atoms with Crippen molar-refractivity contribution in [2.45, 2.75) is 50.9 Å². The zero-order valence-corrected chi connectivity index (χ0v) is 17.4. The molecular formula is C24H26F4N2O. The van der Waals surface area contributed by atoms with Crippen molar-refractivity contribution < 1.29 is 22.4 Å². The molecule has 166 valence electrons. The Morgan fingerprint density at radius 3 is 2.45 bits per heavy atom. The summed E-state index contributed by atoms with van der Waals surface area (Å²) in [6.45, 7) is 3.32. The summed E-state index contributed by atoms with van der Waals surface area (Å²) in [7, 11) is 0. The lowest BCUT2D eigenvalue weighted by Crippen LogP contribution is -2.49. The van der Waals surface area contributed by atoms with Crippen LogP contribution in [0.25, 0.3) is 0 Å². The molecule has 3 nitrogen and oxygen atoms in total. The third kappa shape index (κ3) is 4.61. The molecule has 2 aromatic carbocycles. The number of hydrogen-bond acceptors (Lipinski definition) is 2. The van der Waals surface area contributed by atoms with E-state index in [9.17, 15) is 22.4 Å². The fraction of sp³-hybridized carbons (Fsp3) is 0.458. The highest BCUT2D eigenvalue weighted by Gasteiger charge is 2.40. The Morgan fingerprint density at radius 2 is 1.81 bits per heavy atom. The first-order chi connectivity index (χ1) is 14.8. The van der Waals surface area contributed by atoms with Crippen molar-refractivity contribution in [2.24, 2.45) is 0 Å². The van der Waals surface area contributed by atoms with Crippen molar-refractivity contribution in [1.29, 1.82) is 0 Å². The highest BCUT2D eigenvalue weighted by molar-refractivity contribution is 5.84. The minimum Gasteiger partial charge on any atom is -0.337 e. The molecule has 2 fully saturated rings. The maximum atomic E-state index is 15.0. The van der Waals surface area contributed by atoms with Gasteiger partial charge in [0.2, 0.25) is 5.91 Å². The minimum absolute atomic E-state index is 0.0420. The molecule has 0 aliphatic carbocycles. The summed E-state index contributed by atoms with van der Waals surface area (Å²) >= 11 is 0. The topological polar surface area (TPSA) is 23.6 Å². The van der Waals surface area contributed by atoms with Crippen LogP contribution in [0.5, 0.6) is 0 Å². The Morgan fingerprint density at radius 1 is 1.06 bits per heavy atom. The Bertz CT molecular complexity index is 934. The van der Waals surface area contributed by atoms with Gasteiger partial charge in [0.15, 0.2) is 0 Å². The number of carbonyl (C=O) groups is 1. The summed E-state index contributed by atoms with van der Waals surface area (Å²) in [6.07, 6.45) is -2.54. The van der Waals surface area contributed by atoms with Gasteiger partial charge in [-0.2, -0.15) is 0 Å². The largest absolute Gasteiger partial charge is 0.337 e. The summed E-state index contributed by atoms with van der Waals surface area (Å²) in [5.74, 6) is -0.743. The van der Waals surface area contributed by atoms with Gasteiger partial charge in [-0.05, 0) is 49.1 Å². The van der Waals surface area contributed by atoms with Crippen molar-refractivity contribution in [3.8, 4) is 0 Å². The second-order valence-corrected chi connectivity index (χ2v) is 8.52. The molecule has 2 aliphatic rings. The van der Waals surface area contributed by atoms with Crippen LogP contribution in [-0.4, -0.2) is 47.6 Å². The van der Waals surface area contributed by atoms with E-state index in [1.54, 1.807) is 36.1 Å². The summed E-state index contributed by atoms with van der Waals surface area (Å²) in [4.78, 5) is 16.5. The molecule has 1 amide bonds. The molecule has 0 bridgehead atoms. The number of piperidine rings is 1. The second kappa shape index (κ2) is 8.99. The summed E-state index contributed by atoms with van der Waals surface area (Å²) < 4.78 is 54.3. The zero-order valence-electron chi connectivity index (χ0n) is 17.4. The molecular weight excluding hydrogens is 408 g/mol. The van der Waals surface area contributed by atoms with E-state index >= 15 is 0 Å². The summed E-state index contributed by atoms with van der Waals surface area (Å²) in [6, 6.07) is 10.5. The van der Waals surface area contributed by atoms with E-state index in [0.717, 1.165) is 5.56 Å². The number of aryl methyl sites for hydroxylation is 1. The van der Waals surface area contributed by atoms with Crippen molar-refractivity contribution in [3.63, 3.8) is 0 Å². The van der Waals surface area contributed by atoms with Crippen molar-refractivity contribution in [3.05, 3.63) is 70.5 Å². The first kappa shape index (κ1) is 21.8. The van der Waals surface area contributed by atoms with Crippen LogP contribution in [0.3, 0.4) is 0 Å². The zero-order chi connectivity index (χ0) is 22.1. The molecule has 2 aromatic rings. The summed E-state index contributed by atoms with van der Waals surface area (Å²) in [5, 5.41) is 0. The van der Waals surface area contributed by atoms with Crippen LogP contribution in [0.15, 0.2) is 42.5 Å². The normalized spacial score (nSPS) is 24.9. The van der Waals surface area contributed by atoms with Gasteiger partial charge in [-0.15, -0.1) is 0 Å². The lowest BCUT2D eigenvalue weighted by Gasteiger charge is -2.37. The lowest BCUT2D eigenvalue weighted by molar-refractivity contribution is -0.133. The molecule has 2 heterocycles. The molecule has 2 aliphatic heterocycles. The average molecular weight is 434 g/mol. The van der Waals surface area contributed by atoms with Gasteiger partial charge in [0.1, 0.15) is 12.0 Å². The maximum absolute atomic E-state index is 15.0. The molecule has 31 heavy (non-hydrogen) atoms. The van der Waals surface area contributed by atoms with Crippen LogP contribution >= 0.6 is 0 Å². The van der Waals surface area contributed by atoms with Gasteiger partial charge in [0, 0.05) is 31.1 Å². The van der Waals surface area contributed by atoms with Gasteiger partial charge in [-0.25, -0.2) is 17.6 Å². The quantitative estimate of drug-likeness (QED) is 0.619. The van der Waals surface area contributed by atoms with Crippen molar-refractivity contribution >= 4 is 5.91 Å². The second-order valence-electron chi connectivity index (χ2n) is 8.52. The molecule has 7 heteroatoms. The smallest absolute Gasteiger partial charge is 0.263 e.